The van der Waals surface area contributed by atoms with Crippen LogP contribution in [0.4, 0.5) is 0 Å². The Balaban J connectivity index is 1.63. The van der Waals surface area contributed by atoms with E-state index in [-0.39, 0.29) is 37.0 Å². The van der Waals surface area contributed by atoms with E-state index in [1.807, 2.05) is 0 Å². The highest BCUT2D eigenvalue weighted by Gasteiger charge is 2.46. The highest BCUT2D eigenvalue weighted by Crippen LogP contribution is 2.26. The number of hydrogen-bond acceptors (Lipinski definition) is 7. The van der Waals surface area contributed by atoms with Crippen molar-refractivity contribution in [1.82, 2.24) is 15.1 Å². The van der Waals surface area contributed by atoms with Gasteiger partial charge in [-0.1, -0.05) is 0 Å². The summed E-state index contributed by atoms with van der Waals surface area (Å²) in [5.41, 5.74) is 0. The van der Waals surface area contributed by atoms with Crippen molar-refractivity contribution in [2.45, 2.75) is 24.4 Å². The van der Waals surface area contributed by atoms with Crippen LogP contribution in [0.15, 0.2) is 22.8 Å². The van der Waals surface area contributed by atoms with E-state index in [4.69, 9.17) is 9.15 Å². The third-order valence-electron chi connectivity index (χ3n) is 4.81. The number of hydrogen-bond donors (Lipinski definition) is 3. The van der Waals surface area contributed by atoms with Crippen LogP contribution >= 0.6 is 0 Å². The third kappa shape index (κ3) is 3.62. The zero-order chi connectivity index (χ0) is 17.1. The van der Waals surface area contributed by atoms with Crippen molar-refractivity contribution in [3.05, 3.63) is 24.2 Å². The largest absolute Gasteiger partial charge is 0.459 e. The van der Waals surface area contributed by atoms with E-state index >= 15 is 0 Å². The summed E-state index contributed by atoms with van der Waals surface area (Å²) in [5, 5.41) is 22.7. The Labute approximate surface area is 141 Å². The number of carbonyl (C=O) groups excluding carboxylic acids is 1. The molecule has 1 aromatic rings. The first-order chi connectivity index (χ1) is 11.6. The molecule has 1 amide bonds. The molecule has 4 atom stereocenters. The van der Waals surface area contributed by atoms with Crippen molar-refractivity contribution < 1.29 is 24.2 Å². The Bertz CT molecular complexity index is 530. The van der Waals surface area contributed by atoms with Crippen LogP contribution in [0.2, 0.25) is 0 Å². The Morgan fingerprint density at radius 3 is 2.71 bits per heavy atom. The zero-order valence-corrected chi connectivity index (χ0v) is 13.8. The summed E-state index contributed by atoms with van der Waals surface area (Å²) in [6, 6.07) is 3.00. The molecule has 2 fully saturated rings. The van der Waals surface area contributed by atoms with Crippen LogP contribution in [0.5, 0.6) is 0 Å². The first-order valence-corrected chi connectivity index (χ1v) is 8.29. The number of nitrogens with one attached hydrogen (secondary N) is 1. The number of furan rings is 1. The summed E-state index contributed by atoms with van der Waals surface area (Å²) in [6.07, 6.45) is -0.330. The van der Waals surface area contributed by atoms with Gasteiger partial charge in [-0.15, -0.1) is 0 Å². The van der Waals surface area contributed by atoms with Gasteiger partial charge in [0.05, 0.1) is 25.0 Å². The molecule has 0 bridgehead atoms. The number of carbonyl (C=O) groups is 1. The van der Waals surface area contributed by atoms with Crippen molar-refractivity contribution in [3.63, 3.8) is 0 Å². The normalized spacial score (nSPS) is 32.1. The van der Waals surface area contributed by atoms with Gasteiger partial charge in [-0.05, 0) is 19.2 Å². The predicted molar refractivity (Wildman–Crippen MR) is 85.7 cm³/mol. The fourth-order valence-electron chi connectivity index (χ4n) is 3.40. The SMILES string of the molecule is CN1CCN([C@H]2[C@H](O)[C@H](CO)O[C@@H]2CNC(=O)c2ccco2)CC1. The summed E-state index contributed by atoms with van der Waals surface area (Å²) in [5.74, 6) is -0.0777. The molecule has 0 saturated carbocycles. The Hall–Kier alpha value is -1.45. The Morgan fingerprint density at radius 1 is 1.33 bits per heavy atom. The maximum absolute atomic E-state index is 12.0. The third-order valence-corrected chi connectivity index (χ3v) is 4.81. The van der Waals surface area contributed by atoms with Gasteiger partial charge in [0.25, 0.3) is 5.91 Å². The maximum Gasteiger partial charge on any atom is 0.287 e. The van der Waals surface area contributed by atoms with E-state index < -0.39 is 12.2 Å². The van der Waals surface area contributed by atoms with Gasteiger partial charge in [0.1, 0.15) is 12.2 Å². The lowest BCUT2D eigenvalue weighted by molar-refractivity contribution is -0.0209. The van der Waals surface area contributed by atoms with E-state index in [9.17, 15) is 15.0 Å². The second kappa shape index (κ2) is 7.62. The lowest BCUT2D eigenvalue weighted by Crippen LogP contribution is -2.56. The predicted octanol–water partition coefficient (Wildman–Crippen LogP) is -1.25. The molecule has 8 heteroatoms. The van der Waals surface area contributed by atoms with Gasteiger partial charge in [0, 0.05) is 32.7 Å². The molecule has 2 saturated heterocycles. The number of aliphatic hydroxyl groups is 2. The molecule has 3 N–H and O–H groups in total. The highest BCUT2D eigenvalue weighted by atomic mass is 16.5. The molecule has 0 radical (unpaired) electrons. The van der Waals surface area contributed by atoms with Gasteiger partial charge in [-0.3, -0.25) is 9.69 Å². The van der Waals surface area contributed by atoms with Gasteiger partial charge in [-0.25, -0.2) is 0 Å². The molecule has 1 aromatic heterocycles. The molecular weight excluding hydrogens is 314 g/mol. The van der Waals surface area contributed by atoms with Gasteiger partial charge in [0.15, 0.2) is 5.76 Å². The summed E-state index contributed by atoms with van der Waals surface area (Å²) in [6.45, 7) is 3.49. The first-order valence-electron chi connectivity index (χ1n) is 8.29. The molecule has 3 heterocycles. The summed E-state index contributed by atoms with van der Waals surface area (Å²) in [7, 11) is 2.07. The molecule has 24 heavy (non-hydrogen) atoms. The van der Waals surface area contributed by atoms with Crippen molar-refractivity contribution >= 4 is 5.91 Å². The smallest absolute Gasteiger partial charge is 0.287 e. The number of likely N-dealkylation sites (N-methyl/N-ethyl adjacent to an activating group) is 1. The van der Waals surface area contributed by atoms with Crippen LogP contribution < -0.4 is 5.32 Å². The average molecular weight is 339 g/mol. The molecule has 134 valence electrons. The topological polar surface area (TPSA) is 98.4 Å². The molecule has 0 aromatic carbocycles. The molecule has 8 nitrogen and oxygen atoms in total. The van der Waals surface area contributed by atoms with Crippen LogP contribution in [0.1, 0.15) is 10.6 Å². The minimum Gasteiger partial charge on any atom is -0.459 e. The van der Waals surface area contributed by atoms with Crippen molar-refractivity contribution in [2.24, 2.45) is 0 Å². The highest BCUT2D eigenvalue weighted by molar-refractivity contribution is 5.91. The number of ether oxygens (including phenoxy) is 1. The average Bonchev–Trinajstić information content (AvgIpc) is 3.22. The maximum atomic E-state index is 12.0. The van der Waals surface area contributed by atoms with E-state index in [1.54, 1.807) is 12.1 Å². The minimum atomic E-state index is -0.774. The van der Waals surface area contributed by atoms with Crippen LogP contribution in [0.3, 0.4) is 0 Å². The monoisotopic (exact) mass is 339 g/mol. The van der Waals surface area contributed by atoms with Crippen LogP contribution in [0.25, 0.3) is 0 Å². The number of aliphatic hydroxyl groups excluding tert-OH is 2. The van der Waals surface area contributed by atoms with Gasteiger partial charge in [-0.2, -0.15) is 0 Å². The Morgan fingerprint density at radius 2 is 2.08 bits per heavy atom. The Kier molecular flexibility index (Phi) is 5.52. The van der Waals surface area contributed by atoms with Crippen LogP contribution in [-0.4, -0.2) is 96.7 Å². The number of rotatable bonds is 5. The zero-order valence-electron chi connectivity index (χ0n) is 13.8. The molecule has 0 unspecified atom stereocenters. The van der Waals surface area contributed by atoms with Gasteiger partial charge >= 0.3 is 0 Å². The number of piperazine rings is 1. The molecule has 0 aliphatic carbocycles. The van der Waals surface area contributed by atoms with Crippen molar-refractivity contribution in [1.29, 1.82) is 0 Å². The molecule has 0 spiro atoms. The second-order valence-electron chi connectivity index (χ2n) is 6.40. The second-order valence-corrected chi connectivity index (χ2v) is 6.40. The van der Waals surface area contributed by atoms with Crippen LogP contribution in [0, 0.1) is 0 Å². The van der Waals surface area contributed by atoms with E-state index in [0.717, 1.165) is 26.2 Å². The van der Waals surface area contributed by atoms with Crippen LogP contribution in [-0.2, 0) is 4.74 Å². The molecular formula is C16H25N3O5. The summed E-state index contributed by atoms with van der Waals surface area (Å²) in [4.78, 5) is 16.4. The molecule has 2 aliphatic heterocycles. The van der Waals surface area contributed by atoms with E-state index in [2.05, 4.69) is 22.2 Å². The first kappa shape index (κ1) is 17.4. The summed E-state index contributed by atoms with van der Waals surface area (Å²) >= 11 is 0. The number of nitrogens with zero attached hydrogens (tertiary/aromatic N) is 2. The summed E-state index contributed by atoms with van der Waals surface area (Å²) < 4.78 is 10.9. The van der Waals surface area contributed by atoms with Crippen molar-refractivity contribution in [3.8, 4) is 0 Å². The molecule has 3 rings (SSSR count). The van der Waals surface area contributed by atoms with Gasteiger partial charge in [0.2, 0.25) is 0 Å². The quantitative estimate of drug-likeness (QED) is 0.616. The van der Waals surface area contributed by atoms with E-state index in [0.29, 0.717) is 0 Å². The fraction of sp³-hybridized carbons (Fsp3) is 0.688. The standard InChI is InChI=1S/C16H25N3O5/c1-18-4-6-19(7-5-18)14-12(24-13(10-20)15(14)21)9-17-16(22)11-3-2-8-23-11/h2-3,8,12-15,20-21H,4-7,9-10H2,1H3,(H,17,22)/t12-,13+,14-,15-/m1/s1. The van der Waals surface area contributed by atoms with Gasteiger partial charge < -0.3 is 29.6 Å². The van der Waals surface area contributed by atoms with E-state index in [1.165, 1.54) is 6.26 Å². The lowest BCUT2D eigenvalue weighted by atomic mass is 10.0. The number of amides is 1. The fourth-order valence-corrected chi connectivity index (χ4v) is 3.40. The molecule has 2 aliphatic rings. The lowest BCUT2D eigenvalue weighted by Gasteiger charge is -2.39. The van der Waals surface area contributed by atoms with Crippen molar-refractivity contribution in [2.75, 3.05) is 46.4 Å². The minimum absolute atomic E-state index is 0.239.